The molecule has 1 aromatic carbocycles. The van der Waals surface area contributed by atoms with Crippen LogP contribution in [0.1, 0.15) is 24.1 Å². The van der Waals surface area contributed by atoms with Crippen LogP contribution in [0.15, 0.2) is 46.4 Å². The second-order valence-corrected chi connectivity index (χ2v) is 6.91. The molecule has 0 spiro atoms. The number of benzene rings is 1. The number of nitrogens with zero attached hydrogens (tertiary/aromatic N) is 4. The van der Waals surface area contributed by atoms with E-state index >= 15 is 0 Å². The molecule has 3 N–H and O–H groups in total. The van der Waals surface area contributed by atoms with Gasteiger partial charge in [-0.15, -0.1) is 0 Å². The Balaban J connectivity index is 1.91. The number of likely N-dealkylation sites (tertiary alicyclic amines) is 1. The fourth-order valence-corrected chi connectivity index (χ4v) is 3.28. The highest BCUT2D eigenvalue weighted by molar-refractivity contribution is 6.14. The van der Waals surface area contributed by atoms with E-state index in [1.54, 1.807) is 7.05 Å². The number of rotatable bonds is 4. The quantitative estimate of drug-likeness (QED) is 0.789. The first-order chi connectivity index (χ1) is 12.4. The van der Waals surface area contributed by atoms with Gasteiger partial charge in [0.25, 0.3) is 5.56 Å². The minimum absolute atomic E-state index is 0.0495. The van der Waals surface area contributed by atoms with Gasteiger partial charge in [-0.05, 0) is 19.9 Å². The minimum Gasteiger partial charge on any atom is -0.392 e. The van der Waals surface area contributed by atoms with Crippen molar-refractivity contribution in [1.29, 1.82) is 0 Å². The summed E-state index contributed by atoms with van der Waals surface area (Å²) in [5.74, 6) is 0. The Bertz CT molecular complexity index is 852. The molecule has 0 atom stereocenters. The lowest BCUT2D eigenvalue weighted by atomic mass is 9.91. The van der Waals surface area contributed by atoms with Crippen LogP contribution in [0.2, 0.25) is 0 Å². The predicted molar refractivity (Wildman–Crippen MR) is 103 cm³/mol. The summed E-state index contributed by atoms with van der Waals surface area (Å²) in [5.41, 5.74) is 6.69. The van der Waals surface area contributed by atoms with Crippen molar-refractivity contribution in [1.82, 2.24) is 14.5 Å². The molecule has 1 aliphatic heterocycles. The third kappa shape index (κ3) is 3.68. The van der Waals surface area contributed by atoms with Crippen LogP contribution in [0.5, 0.6) is 0 Å². The van der Waals surface area contributed by atoms with Gasteiger partial charge >= 0.3 is 0 Å². The van der Waals surface area contributed by atoms with Gasteiger partial charge in [0.15, 0.2) is 0 Å². The van der Waals surface area contributed by atoms with Crippen molar-refractivity contribution in [2.24, 2.45) is 4.99 Å². The van der Waals surface area contributed by atoms with Crippen molar-refractivity contribution in [2.45, 2.75) is 25.0 Å². The van der Waals surface area contributed by atoms with Crippen molar-refractivity contribution < 1.29 is 5.11 Å². The lowest BCUT2D eigenvalue weighted by Gasteiger charge is -2.36. The molecular weight excluding hydrogens is 330 g/mol. The van der Waals surface area contributed by atoms with Gasteiger partial charge < -0.3 is 15.7 Å². The first-order valence-corrected chi connectivity index (χ1v) is 8.72. The van der Waals surface area contributed by atoms with E-state index in [-0.39, 0.29) is 17.8 Å². The standard InChI is InChI=1S/C19H25N5O2/c1-21-16(14-6-4-3-5-7-14)17-15(20)18(25)24(13-22-17)12-19(26)8-10-23(2)11-9-19/h3-7,13,26H,8-12,20H2,1-2H3. The first-order valence-electron chi connectivity index (χ1n) is 8.72. The van der Waals surface area contributed by atoms with Gasteiger partial charge in [-0.25, -0.2) is 4.98 Å². The SMILES string of the molecule is CN=C(c1ccccc1)c1ncn(CC2(O)CCN(C)CC2)c(=O)c1N. The van der Waals surface area contributed by atoms with Gasteiger partial charge in [0.1, 0.15) is 11.4 Å². The summed E-state index contributed by atoms with van der Waals surface area (Å²) in [7, 11) is 3.67. The van der Waals surface area contributed by atoms with E-state index in [4.69, 9.17) is 5.73 Å². The van der Waals surface area contributed by atoms with Gasteiger partial charge in [-0.2, -0.15) is 0 Å². The Kier molecular flexibility index (Phi) is 5.20. The molecule has 7 heteroatoms. The summed E-state index contributed by atoms with van der Waals surface area (Å²) in [6.07, 6.45) is 2.69. The number of aliphatic imine (C=N–C) groups is 1. The maximum atomic E-state index is 12.7. The molecule has 0 amide bonds. The minimum atomic E-state index is -0.910. The number of piperidine rings is 1. The van der Waals surface area contributed by atoms with Crippen LogP contribution < -0.4 is 11.3 Å². The molecule has 7 nitrogen and oxygen atoms in total. The largest absolute Gasteiger partial charge is 0.392 e. The van der Waals surface area contributed by atoms with Crippen LogP contribution in [0, 0.1) is 0 Å². The summed E-state index contributed by atoms with van der Waals surface area (Å²) in [6.45, 7) is 1.79. The molecule has 1 aromatic heterocycles. The Labute approximate surface area is 152 Å². The Morgan fingerprint density at radius 1 is 1.31 bits per heavy atom. The first kappa shape index (κ1) is 18.3. The van der Waals surface area contributed by atoms with Crippen molar-refractivity contribution in [3.05, 3.63) is 58.3 Å². The number of nitrogens with two attached hydrogens (primary N) is 1. The highest BCUT2D eigenvalue weighted by Gasteiger charge is 2.32. The van der Waals surface area contributed by atoms with E-state index < -0.39 is 5.60 Å². The second kappa shape index (κ2) is 7.39. The average molecular weight is 355 g/mol. The van der Waals surface area contributed by atoms with E-state index in [9.17, 15) is 9.90 Å². The Morgan fingerprint density at radius 3 is 2.58 bits per heavy atom. The fraction of sp³-hybridized carbons (Fsp3) is 0.421. The van der Waals surface area contributed by atoms with Crippen LogP contribution in [-0.2, 0) is 6.54 Å². The van der Waals surface area contributed by atoms with Gasteiger partial charge in [0.05, 0.1) is 24.2 Å². The number of anilines is 1. The maximum Gasteiger partial charge on any atom is 0.277 e. The smallest absolute Gasteiger partial charge is 0.277 e. The summed E-state index contributed by atoms with van der Waals surface area (Å²) in [6, 6.07) is 9.50. The molecule has 138 valence electrons. The number of nitrogen functional groups attached to an aromatic ring is 1. The highest BCUT2D eigenvalue weighted by atomic mass is 16.3. The molecule has 0 saturated carbocycles. The van der Waals surface area contributed by atoms with Crippen molar-refractivity contribution in [3.8, 4) is 0 Å². The third-order valence-electron chi connectivity index (χ3n) is 4.95. The zero-order chi connectivity index (χ0) is 18.7. The molecule has 3 rings (SSSR count). The number of aliphatic hydroxyl groups is 1. The molecule has 26 heavy (non-hydrogen) atoms. The number of aromatic nitrogens is 2. The molecule has 1 fully saturated rings. The van der Waals surface area contributed by atoms with E-state index in [0.29, 0.717) is 24.2 Å². The molecule has 0 radical (unpaired) electrons. The molecule has 1 saturated heterocycles. The fourth-order valence-electron chi connectivity index (χ4n) is 3.28. The highest BCUT2D eigenvalue weighted by Crippen LogP contribution is 2.23. The Morgan fingerprint density at radius 2 is 1.96 bits per heavy atom. The Hall–Kier alpha value is -2.51. The van der Waals surface area contributed by atoms with E-state index in [2.05, 4.69) is 14.9 Å². The maximum absolute atomic E-state index is 12.7. The van der Waals surface area contributed by atoms with Gasteiger partial charge in [0.2, 0.25) is 0 Å². The summed E-state index contributed by atoms with van der Waals surface area (Å²) < 4.78 is 1.41. The van der Waals surface area contributed by atoms with Gasteiger partial charge in [-0.1, -0.05) is 30.3 Å². The molecular formula is C19H25N5O2. The third-order valence-corrected chi connectivity index (χ3v) is 4.95. The van der Waals surface area contributed by atoms with Gasteiger partial charge in [0, 0.05) is 25.7 Å². The average Bonchev–Trinajstić information content (AvgIpc) is 2.65. The molecule has 0 bridgehead atoms. The van der Waals surface area contributed by atoms with Crippen molar-refractivity contribution in [3.63, 3.8) is 0 Å². The molecule has 0 unspecified atom stereocenters. The summed E-state index contributed by atoms with van der Waals surface area (Å²) in [4.78, 5) is 23.6. The summed E-state index contributed by atoms with van der Waals surface area (Å²) in [5, 5.41) is 10.8. The molecule has 0 aliphatic carbocycles. The molecule has 2 heterocycles. The van der Waals surface area contributed by atoms with Crippen LogP contribution >= 0.6 is 0 Å². The monoisotopic (exact) mass is 355 g/mol. The van der Waals surface area contributed by atoms with Crippen molar-refractivity contribution >= 4 is 11.4 Å². The van der Waals surface area contributed by atoms with E-state index in [0.717, 1.165) is 18.7 Å². The van der Waals surface area contributed by atoms with Crippen LogP contribution in [0.4, 0.5) is 5.69 Å². The second-order valence-electron chi connectivity index (χ2n) is 6.91. The number of hydrogen-bond acceptors (Lipinski definition) is 6. The lowest BCUT2D eigenvalue weighted by Crippen LogP contribution is -2.47. The van der Waals surface area contributed by atoms with Crippen LogP contribution in [-0.4, -0.2) is 58.1 Å². The zero-order valence-corrected chi connectivity index (χ0v) is 15.2. The molecule has 2 aromatic rings. The van der Waals surface area contributed by atoms with Crippen LogP contribution in [0.25, 0.3) is 0 Å². The molecule has 1 aliphatic rings. The zero-order valence-electron chi connectivity index (χ0n) is 15.2. The van der Waals surface area contributed by atoms with Gasteiger partial charge in [-0.3, -0.25) is 14.4 Å². The lowest BCUT2D eigenvalue weighted by molar-refractivity contribution is -0.0299. The van der Waals surface area contributed by atoms with E-state index in [1.165, 1.54) is 10.9 Å². The number of hydrogen-bond donors (Lipinski definition) is 2. The van der Waals surface area contributed by atoms with E-state index in [1.807, 2.05) is 37.4 Å². The van der Waals surface area contributed by atoms with Crippen molar-refractivity contribution in [2.75, 3.05) is 32.9 Å². The summed E-state index contributed by atoms with van der Waals surface area (Å²) >= 11 is 0. The predicted octanol–water partition coefficient (Wildman–Crippen LogP) is 0.749. The normalized spacial score (nSPS) is 18.0. The topological polar surface area (TPSA) is 96.7 Å². The van der Waals surface area contributed by atoms with Crippen LogP contribution in [0.3, 0.4) is 0 Å².